The zero-order valence-electron chi connectivity index (χ0n) is 16.9. The van der Waals surface area contributed by atoms with Crippen molar-refractivity contribution in [1.29, 1.82) is 0 Å². The molecule has 2 aromatic carbocycles. The number of carbonyl (C=O) groups excluding carboxylic acids is 1. The summed E-state index contributed by atoms with van der Waals surface area (Å²) in [5.41, 5.74) is 1.87. The average molecular weight is 447 g/mol. The number of hydrogen-bond acceptors (Lipinski definition) is 6. The Bertz CT molecular complexity index is 1030. The molecule has 0 saturated carbocycles. The Morgan fingerprint density at radius 3 is 2.83 bits per heavy atom. The van der Waals surface area contributed by atoms with Crippen LogP contribution >= 0.6 is 23.1 Å². The fraction of sp³-hybridized carbons (Fsp3) is 0.364. The highest BCUT2D eigenvalue weighted by atomic mass is 32.2. The summed E-state index contributed by atoms with van der Waals surface area (Å²) in [6.07, 6.45) is 1.95. The van der Waals surface area contributed by atoms with E-state index in [1.165, 1.54) is 35.2 Å². The van der Waals surface area contributed by atoms with Crippen molar-refractivity contribution in [3.8, 4) is 5.75 Å². The Kier molecular flexibility index (Phi) is 6.55. The molecule has 1 unspecified atom stereocenters. The van der Waals surface area contributed by atoms with Gasteiger partial charge in [0.15, 0.2) is 5.13 Å². The number of methoxy groups -OCH3 is 1. The Morgan fingerprint density at radius 1 is 1.33 bits per heavy atom. The lowest BCUT2D eigenvalue weighted by Gasteiger charge is -2.23. The van der Waals surface area contributed by atoms with Gasteiger partial charge in [0.25, 0.3) is 0 Å². The number of halogens is 1. The van der Waals surface area contributed by atoms with Crippen molar-refractivity contribution in [2.45, 2.75) is 30.8 Å². The molecule has 1 saturated heterocycles. The van der Waals surface area contributed by atoms with Gasteiger partial charge >= 0.3 is 0 Å². The van der Waals surface area contributed by atoms with Gasteiger partial charge in [-0.2, -0.15) is 0 Å². The van der Waals surface area contributed by atoms with Crippen LogP contribution in [0, 0.1) is 12.7 Å². The Morgan fingerprint density at radius 2 is 2.13 bits per heavy atom. The fourth-order valence-electron chi connectivity index (χ4n) is 3.41. The van der Waals surface area contributed by atoms with E-state index in [0.29, 0.717) is 17.4 Å². The quantitative estimate of drug-likeness (QED) is 0.475. The number of ether oxygens (including phenoxy) is 2. The SMILES string of the molecule is COc1ccc(C)c2sc(N(CC3CCCO3)C(=O)CSc3ccc(F)cc3)nc12. The van der Waals surface area contributed by atoms with E-state index in [1.807, 2.05) is 19.1 Å². The van der Waals surface area contributed by atoms with Gasteiger partial charge in [0, 0.05) is 11.5 Å². The largest absolute Gasteiger partial charge is 0.494 e. The van der Waals surface area contributed by atoms with Gasteiger partial charge in [-0.3, -0.25) is 9.69 Å². The number of nitrogens with zero attached hydrogens (tertiary/aromatic N) is 2. The molecule has 0 N–H and O–H groups in total. The highest BCUT2D eigenvalue weighted by Crippen LogP contribution is 2.37. The molecular weight excluding hydrogens is 423 g/mol. The summed E-state index contributed by atoms with van der Waals surface area (Å²) in [4.78, 5) is 20.5. The number of carbonyl (C=O) groups is 1. The number of amides is 1. The Balaban J connectivity index is 1.60. The molecule has 1 amide bonds. The van der Waals surface area contributed by atoms with Crippen molar-refractivity contribution in [2.75, 3.05) is 30.9 Å². The topological polar surface area (TPSA) is 51.7 Å². The van der Waals surface area contributed by atoms with E-state index in [1.54, 1.807) is 24.1 Å². The molecule has 2 heterocycles. The molecule has 158 valence electrons. The minimum absolute atomic E-state index is 0.0137. The van der Waals surface area contributed by atoms with Gasteiger partial charge in [0.2, 0.25) is 5.91 Å². The summed E-state index contributed by atoms with van der Waals surface area (Å²) in [5, 5.41) is 0.651. The third-order valence-corrected chi connectivity index (χ3v) is 7.24. The number of anilines is 1. The first kappa shape index (κ1) is 21.1. The van der Waals surface area contributed by atoms with Gasteiger partial charge in [-0.15, -0.1) is 11.8 Å². The minimum Gasteiger partial charge on any atom is -0.494 e. The van der Waals surface area contributed by atoms with Crippen LogP contribution in [0.15, 0.2) is 41.3 Å². The second kappa shape index (κ2) is 9.32. The summed E-state index contributed by atoms with van der Waals surface area (Å²) in [6.45, 7) is 3.23. The third kappa shape index (κ3) is 4.61. The smallest absolute Gasteiger partial charge is 0.239 e. The number of aryl methyl sites for hydroxylation is 1. The van der Waals surface area contributed by atoms with Crippen molar-refractivity contribution in [3.05, 3.63) is 47.8 Å². The second-order valence-electron chi connectivity index (χ2n) is 7.14. The molecule has 0 radical (unpaired) electrons. The summed E-state index contributed by atoms with van der Waals surface area (Å²) >= 11 is 2.89. The van der Waals surface area contributed by atoms with Crippen molar-refractivity contribution in [1.82, 2.24) is 4.98 Å². The van der Waals surface area contributed by atoms with E-state index in [2.05, 4.69) is 0 Å². The molecular formula is C22H23FN2O3S2. The van der Waals surface area contributed by atoms with Crippen molar-refractivity contribution in [3.63, 3.8) is 0 Å². The van der Waals surface area contributed by atoms with Crippen LogP contribution in [-0.4, -0.2) is 43.0 Å². The van der Waals surface area contributed by atoms with Crippen molar-refractivity contribution < 1.29 is 18.7 Å². The van der Waals surface area contributed by atoms with Gasteiger partial charge in [-0.1, -0.05) is 17.4 Å². The highest BCUT2D eigenvalue weighted by Gasteiger charge is 2.27. The molecule has 4 rings (SSSR count). The first-order chi connectivity index (χ1) is 14.5. The van der Waals surface area contributed by atoms with E-state index in [-0.39, 0.29) is 23.6 Å². The van der Waals surface area contributed by atoms with E-state index >= 15 is 0 Å². The molecule has 30 heavy (non-hydrogen) atoms. The standard InChI is InChI=1S/C22H23FN2O3S2/c1-14-5-10-18(27-2)20-21(14)30-22(24-20)25(12-16-4-3-11-28-16)19(26)13-29-17-8-6-15(23)7-9-17/h5-10,16H,3-4,11-13H2,1-2H3. The van der Waals surface area contributed by atoms with Crippen molar-refractivity contribution in [2.24, 2.45) is 0 Å². The van der Waals surface area contributed by atoms with E-state index in [9.17, 15) is 9.18 Å². The van der Waals surface area contributed by atoms with Gasteiger partial charge in [-0.25, -0.2) is 9.37 Å². The Labute approximate surface area is 183 Å². The molecule has 3 aromatic rings. The summed E-state index contributed by atoms with van der Waals surface area (Å²) < 4.78 is 25.4. The number of hydrogen-bond donors (Lipinski definition) is 0. The molecule has 0 aliphatic carbocycles. The normalized spacial score (nSPS) is 16.2. The number of thioether (sulfide) groups is 1. The Hall–Kier alpha value is -2.16. The second-order valence-corrected chi connectivity index (χ2v) is 9.17. The van der Waals surface area contributed by atoms with Crippen LogP contribution in [0.1, 0.15) is 18.4 Å². The monoisotopic (exact) mass is 446 g/mol. The van der Waals surface area contributed by atoms with E-state index < -0.39 is 0 Å². The first-order valence-corrected chi connectivity index (χ1v) is 11.6. The molecule has 5 nitrogen and oxygen atoms in total. The molecule has 1 atom stereocenters. The van der Waals surface area contributed by atoms with Crippen LogP contribution in [0.4, 0.5) is 9.52 Å². The lowest BCUT2D eigenvalue weighted by Crippen LogP contribution is -2.38. The van der Waals surface area contributed by atoms with Crippen LogP contribution < -0.4 is 9.64 Å². The highest BCUT2D eigenvalue weighted by molar-refractivity contribution is 8.00. The van der Waals surface area contributed by atoms with Gasteiger partial charge in [0.05, 0.1) is 30.2 Å². The predicted octanol–water partition coefficient (Wildman–Crippen LogP) is 5.06. The zero-order valence-corrected chi connectivity index (χ0v) is 18.5. The van der Waals surface area contributed by atoms with E-state index in [0.717, 1.165) is 40.1 Å². The van der Waals surface area contributed by atoms with Crippen LogP contribution in [-0.2, 0) is 9.53 Å². The van der Waals surface area contributed by atoms with Gasteiger partial charge < -0.3 is 9.47 Å². The van der Waals surface area contributed by atoms with E-state index in [4.69, 9.17) is 14.5 Å². The number of benzene rings is 2. The zero-order chi connectivity index (χ0) is 21.1. The minimum atomic E-state index is -0.288. The molecule has 1 aliphatic heterocycles. The van der Waals surface area contributed by atoms with Gasteiger partial charge in [0.1, 0.15) is 17.1 Å². The number of rotatable bonds is 7. The summed E-state index contributed by atoms with van der Waals surface area (Å²) in [6, 6.07) is 10.1. The van der Waals surface area contributed by atoms with Crippen LogP contribution in [0.2, 0.25) is 0 Å². The molecule has 0 spiro atoms. The summed E-state index contributed by atoms with van der Waals surface area (Å²) in [7, 11) is 1.62. The summed E-state index contributed by atoms with van der Waals surface area (Å²) in [5.74, 6) is 0.605. The molecule has 1 fully saturated rings. The lowest BCUT2D eigenvalue weighted by atomic mass is 10.2. The fourth-order valence-corrected chi connectivity index (χ4v) is 5.26. The first-order valence-electron chi connectivity index (χ1n) is 9.79. The third-order valence-electron chi connectivity index (χ3n) is 5.03. The lowest BCUT2D eigenvalue weighted by molar-refractivity contribution is -0.116. The maximum atomic E-state index is 13.2. The number of aromatic nitrogens is 1. The molecule has 1 aromatic heterocycles. The average Bonchev–Trinajstić information content (AvgIpc) is 3.42. The van der Waals surface area contributed by atoms with Crippen LogP contribution in [0.3, 0.4) is 0 Å². The molecule has 8 heteroatoms. The van der Waals surface area contributed by atoms with Crippen molar-refractivity contribution >= 4 is 44.4 Å². The van der Waals surface area contributed by atoms with Crippen LogP contribution in [0.5, 0.6) is 5.75 Å². The number of fused-ring (bicyclic) bond motifs is 1. The van der Waals surface area contributed by atoms with Crippen LogP contribution in [0.25, 0.3) is 10.2 Å². The number of thiazole rings is 1. The molecule has 1 aliphatic rings. The predicted molar refractivity (Wildman–Crippen MR) is 119 cm³/mol. The maximum Gasteiger partial charge on any atom is 0.239 e. The maximum absolute atomic E-state index is 13.2. The molecule has 0 bridgehead atoms. The van der Waals surface area contributed by atoms with Gasteiger partial charge in [-0.05, 0) is 55.7 Å².